The van der Waals surface area contributed by atoms with Crippen LogP contribution in [0.1, 0.15) is 126 Å². The molecule has 2 aromatic carbocycles. The van der Waals surface area contributed by atoms with Gasteiger partial charge in [0.2, 0.25) is 5.69 Å². The molecule has 53 heavy (non-hydrogen) atoms. The van der Waals surface area contributed by atoms with Crippen LogP contribution in [0.2, 0.25) is 0 Å². The summed E-state index contributed by atoms with van der Waals surface area (Å²) < 4.78 is 45.8. The maximum Gasteiger partial charge on any atom is 0.333 e. The van der Waals surface area contributed by atoms with Crippen molar-refractivity contribution in [2.24, 2.45) is 0 Å². The van der Waals surface area contributed by atoms with Gasteiger partial charge in [-0.3, -0.25) is 9.59 Å². The van der Waals surface area contributed by atoms with E-state index in [4.69, 9.17) is 9.57 Å². The molecule has 12 heteroatoms. The summed E-state index contributed by atoms with van der Waals surface area (Å²) in [6.45, 7) is 12.5. The number of ether oxygens (including phenoxy) is 1. The fourth-order valence-corrected chi connectivity index (χ4v) is 10.2. The lowest BCUT2D eigenvalue weighted by molar-refractivity contribution is -0.444. The van der Waals surface area contributed by atoms with Crippen molar-refractivity contribution in [3.05, 3.63) is 58.2 Å². The van der Waals surface area contributed by atoms with Crippen molar-refractivity contribution in [2.75, 3.05) is 23.7 Å². The fraction of sp³-hybridized carbons (Fsp3) is 0.561. The lowest BCUT2D eigenvalue weighted by Crippen LogP contribution is -2.50. The molecule has 5 aliphatic heterocycles. The van der Waals surface area contributed by atoms with Gasteiger partial charge in [0, 0.05) is 78.4 Å². The number of carbonyl (C=O) groups is 3. The zero-order valence-electron chi connectivity index (χ0n) is 31.5. The Labute approximate surface area is 312 Å². The van der Waals surface area contributed by atoms with Crippen molar-refractivity contribution in [3.63, 3.8) is 0 Å². The quantitative estimate of drug-likeness (QED) is 0.102. The molecule has 0 aliphatic carbocycles. The molecule has 0 spiro atoms. The van der Waals surface area contributed by atoms with Gasteiger partial charge in [-0.1, -0.05) is 37.8 Å². The van der Waals surface area contributed by atoms with Crippen molar-refractivity contribution in [1.82, 2.24) is 5.06 Å². The van der Waals surface area contributed by atoms with Crippen molar-refractivity contribution in [3.8, 4) is 5.75 Å². The van der Waals surface area contributed by atoms with Gasteiger partial charge >= 0.3 is 5.97 Å². The van der Waals surface area contributed by atoms with E-state index in [1.54, 1.807) is 0 Å². The van der Waals surface area contributed by atoms with E-state index in [9.17, 15) is 27.4 Å². The Morgan fingerprint density at radius 1 is 1.06 bits per heavy atom. The molecular formula is C41H51N3O8S. The molecule has 11 nitrogen and oxygen atoms in total. The van der Waals surface area contributed by atoms with E-state index in [2.05, 4.69) is 80.5 Å². The number of nitrogens with zero attached hydrogens (tertiary/aromatic N) is 3. The molecule has 5 heterocycles. The highest BCUT2D eigenvalue weighted by Crippen LogP contribution is 2.52. The molecule has 3 unspecified atom stereocenters. The molecule has 0 bridgehead atoms. The monoisotopic (exact) mass is 745 g/mol. The minimum atomic E-state index is -4.46. The van der Waals surface area contributed by atoms with E-state index in [1.807, 2.05) is 0 Å². The first-order chi connectivity index (χ1) is 25.1. The Hall–Kier alpha value is -4.03. The first-order valence-corrected chi connectivity index (χ1v) is 20.8. The van der Waals surface area contributed by atoms with E-state index in [1.165, 1.54) is 22.5 Å². The predicted molar refractivity (Wildman–Crippen MR) is 200 cm³/mol. The summed E-state index contributed by atoms with van der Waals surface area (Å²) in [5.41, 5.74) is 8.06. The largest absolute Gasteiger partial charge is 0.748 e. The summed E-state index contributed by atoms with van der Waals surface area (Å²) in [6.07, 6.45) is 8.76. The highest BCUT2D eigenvalue weighted by molar-refractivity contribution is 7.85. The third kappa shape index (κ3) is 7.04. The molecule has 0 N–H and O–H groups in total. The molecule has 1 fully saturated rings. The minimum Gasteiger partial charge on any atom is -0.748 e. The van der Waals surface area contributed by atoms with Gasteiger partial charge in [-0.2, -0.15) is 4.58 Å². The Kier molecular flexibility index (Phi) is 9.84. The van der Waals surface area contributed by atoms with E-state index >= 15 is 0 Å². The molecule has 7 rings (SSSR count). The molecule has 1 saturated heterocycles. The molecule has 0 radical (unpaired) electrons. The smallest absolute Gasteiger partial charge is 0.333 e. The van der Waals surface area contributed by atoms with Gasteiger partial charge in [0.05, 0.1) is 21.1 Å². The molecule has 0 aromatic heterocycles. The van der Waals surface area contributed by atoms with Crippen LogP contribution >= 0.6 is 0 Å². The minimum absolute atomic E-state index is 0.0693. The number of fused-ring (bicyclic) bond motifs is 6. The number of benzene rings is 2. The van der Waals surface area contributed by atoms with Crippen molar-refractivity contribution in [1.29, 1.82) is 0 Å². The van der Waals surface area contributed by atoms with Crippen molar-refractivity contribution in [2.45, 2.75) is 128 Å². The first-order valence-electron chi connectivity index (χ1n) is 19.2. The van der Waals surface area contributed by atoms with Crippen LogP contribution in [-0.2, 0) is 34.8 Å². The number of hydrogen-bond donors (Lipinski definition) is 0. The van der Waals surface area contributed by atoms with Gasteiger partial charge in [0.25, 0.3) is 11.8 Å². The van der Waals surface area contributed by atoms with Gasteiger partial charge in [-0.15, -0.1) is 5.06 Å². The second-order valence-electron chi connectivity index (χ2n) is 16.3. The second kappa shape index (κ2) is 14.0. The third-order valence-electron chi connectivity index (χ3n) is 11.9. The van der Waals surface area contributed by atoms with Crippen molar-refractivity contribution >= 4 is 51.1 Å². The molecule has 0 saturated carbocycles. The Balaban J connectivity index is 1.19. The standard InChI is InChI=1S/C41H51N3O8S/c1-6-7-18-43-33-23-35-27(21-29(33)28(24-40(43,3)4)25-53(48,49)50)22-30-34(51-35)16-19-42-32-13-12-26(2)20-31(32)41(5,39(30)42)17-10-8-9-11-38(47)52-44-36(45)14-15-37(44)46/h12-13,20-23,28,34H,6-11,14-19,24-25H2,1-5H3. The van der Waals surface area contributed by atoms with E-state index in [-0.39, 0.29) is 36.3 Å². The zero-order valence-corrected chi connectivity index (χ0v) is 32.4. The Morgan fingerprint density at radius 3 is 2.53 bits per heavy atom. The predicted octanol–water partition coefficient (Wildman–Crippen LogP) is 6.57. The van der Waals surface area contributed by atoms with Crippen LogP contribution in [0.4, 0.5) is 11.4 Å². The van der Waals surface area contributed by atoms with E-state index < -0.39 is 39.6 Å². The first kappa shape index (κ1) is 37.3. The number of rotatable bonds is 12. The number of imide groups is 1. The number of hydroxylamine groups is 2. The van der Waals surface area contributed by atoms with Crippen LogP contribution in [-0.4, -0.2) is 76.6 Å². The van der Waals surface area contributed by atoms with Gasteiger partial charge < -0.3 is 19.0 Å². The summed E-state index contributed by atoms with van der Waals surface area (Å²) in [6, 6.07) is 10.8. The number of unbranched alkanes of at least 4 members (excludes halogenated alkanes) is 3. The van der Waals surface area contributed by atoms with Gasteiger partial charge in [-0.05, 0) is 77.2 Å². The second-order valence-corrected chi connectivity index (χ2v) is 17.8. The summed E-state index contributed by atoms with van der Waals surface area (Å²) in [7, 11) is -4.46. The SMILES string of the molecule is CCCCN1c2cc3c(cc2C(CS(=O)(=O)[O-])CC1(C)C)C=C1C2=[N+](CCC1O3)c1ccc(C)cc1C2(C)CCCCCC(=O)ON1C(=O)CCC1=O. The maximum atomic E-state index is 12.4. The van der Waals surface area contributed by atoms with Gasteiger partial charge in [-0.25, -0.2) is 13.2 Å². The molecular weight excluding hydrogens is 695 g/mol. The normalized spacial score (nSPS) is 24.2. The summed E-state index contributed by atoms with van der Waals surface area (Å²) >= 11 is 0. The van der Waals surface area contributed by atoms with Crippen LogP contribution in [0, 0.1) is 6.92 Å². The van der Waals surface area contributed by atoms with Crippen LogP contribution in [0.15, 0.2) is 35.9 Å². The molecule has 284 valence electrons. The topological polar surface area (TPSA) is 136 Å². The number of amides is 2. The van der Waals surface area contributed by atoms with Gasteiger partial charge in [0.15, 0.2) is 12.3 Å². The zero-order chi connectivity index (χ0) is 37.9. The number of anilines is 1. The van der Waals surface area contributed by atoms with E-state index in [0.717, 1.165) is 79.8 Å². The van der Waals surface area contributed by atoms with Crippen LogP contribution in [0.3, 0.4) is 0 Å². The fourth-order valence-electron chi connectivity index (χ4n) is 9.38. The molecule has 5 aliphatic rings. The molecule has 2 aromatic rings. The van der Waals surface area contributed by atoms with Crippen molar-refractivity contribution < 1.29 is 41.5 Å². The number of carbonyl (C=O) groups excluding carboxylic acids is 3. The summed E-state index contributed by atoms with van der Waals surface area (Å²) in [5.74, 6) is -1.60. The van der Waals surface area contributed by atoms with Gasteiger partial charge in [0.1, 0.15) is 11.9 Å². The van der Waals surface area contributed by atoms with E-state index in [0.29, 0.717) is 17.9 Å². The number of aryl methyl sites for hydroxylation is 1. The molecule has 3 atom stereocenters. The summed E-state index contributed by atoms with van der Waals surface area (Å²) in [5, 5.41) is 0.606. The highest BCUT2D eigenvalue weighted by atomic mass is 32.2. The lowest BCUT2D eigenvalue weighted by atomic mass is 9.71. The average molecular weight is 746 g/mol. The molecule has 2 amide bonds. The Morgan fingerprint density at radius 2 is 1.81 bits per heavy atom. The number of hydrogen-bond acceptors (Lipinski definition) is 9. The highest BCUT2D eigenvalue weighted by Gasteiger charge is 2.54. The van der Waals surface area contributed by atoms with Crippen LogP contribution < -0.4 is 9.64 Å². The van der Waals surface area contributed by atoms with Crippen LogP contribution in [0.25, 0.3) is 6.08 Å². The average Bonchev–Trinajstić information content (AvgIpc) is 3.53. The Bertz CT molecular complexity index is 2020. The summed E-state index contributed by atoms with van der Waals surface area (Å²) in [4.78, 5) is 43.6. The maximum absolute atomic E-state index is 12.4. The third-order valence-corrected chi connectivity index (χ3v) is 12.7. The lowest BCUT2D eigenvalue weighted by Gasteiger charge is -2.49. The van der Waals surface area contributed by atoms with Crippen LogP contribution in [0.5, 0.6) is 5.75 Å².